The van der Waals surface area contributed by atoms with Crippen molar-refractivity contribution in [1.82, 2.24) is 0 Å². The number of hydrogen-bond donors (Lipinski definition) is 1. The second-order valence-electron chi connectivity index (χ2n) is 3.10. The molecule has 1 atom stereocenters. The highest BCUT2D eigenvalue weighted by atomic mass is 79.9. The quantitative estimate of drug-likeness (QED) is 0.893. The molecule has 1 aromatic carbocycles. The van der Waals surface area contributed by atoms with Gasteiger partial charge in [-0.15, -0.1) is 0 Å². The van der Waals surface area contributed by atoms with E-state index < -0.39 is 0 Å². The smallest absolute Gasteiger partial charge is 0.119 e. The monoisotopic (exact) mass is 269 g/mol. The van der Waals surface area contributed by atoms with Gasteiger partial charge in [-0.1, -0.05) is 15.9 Å². The molecule has 1 N–H and O–H groups in total. The summed E-state index contributed by atoms with van der Waals surface area (Å²) in [4.78, 5) is 0. The van der Waals surface area contributed by atoms with E-state index in [9.17, 15) is 0 Å². The Hall–Kier alpha value is -1.05. The fourth-order valence-electron chi connectivity index (χ4n) is 1.05. The summed E-state index contributed by atoms with van der Waals surface area (Å²) >= 11 is 3.33. The summed E-state index contributed by atoms with van der Waals surface area (Å²) in [7, 11) is 0. The Morgan fingerprint density at radius 3 is 2.60 bits per heavy atom. The molecule has 1 aromatic rings. The standard InChI is InChI=1S/C11H12BrNO2/c12-10-1-3-11(4-2-10)15-6-5-9(7-13)8-14/h1-4,9,14H,5-6,8H2. The van der Waals surface area contributed by atoms with Crippen LogP contribution in [0.5, 0.6) is 5.75 Å². The summed E-state index contributed by atoms with van der Waals surface area (Å²) in [6.45, 7) is 0.334. The van der Waals surface area contributed by atoms with Gasteiger partial charge < -0.3 is 9.84 Å². The van der Waals surface area contributed by atoms with Crippen LogP contribution in [-0.2, 0) is 0 Å². The van der Waals surface area contributed by atoms with E-state index in [4.69, 9.17) is 15.1 Å². The van der Waals surface area contributed by atoms with Crippen LogP contribution in [0, 0.1) is 17.2 Å². The fourth-order valence-corrected chi connectivity index (χ4v) is 1.31. The second kappa shape index (κ2) is 6.44. The Kier molecular flexibility index (Phi) is 5.16. The summed E-state index contributed by atoms with van der Waals surface area (Å²) in [6, 6.07) is 9.50. The third kappa shape index (κ3) is 4.32. The van der Waals surface area contributed by atoms with Gasteiger partial charge in [0.05, 0.1) is 25.2 Å². The Balaban J connectivity index is 2.32. The van der Waals surface area contributed by atoms with E-state index in [-0.39, 0.29) is 12.5 Å². The van der Waals surface area contributed by atoms with Gasteiger partial charge in [0.25, 0.3) is 0 Å². The third-order valence-corrected chi connectivity index (χ3v) is 2.48. The summed E-state index contributed by atoms with van der Waals surface area (Å²) in [5.41, 5.74) is 0. The van der Waals surface area contributed by atoms with Gasteiger partial charge in [-0.3, -0.25) is 0 Å². The van der Waals surface area contributed by atoms with Crippen molar-refractivity contribution in [2.75, 3.05) is 13.2 Å². The lowest BCUT2D eigenvalue weighted by molar-refractivity contribution is 0.220. The number of hydrogen-bond acceptors (Lipinski definition) is 3. The van der Waals surface area contributed by atoms with Crippen molar-refractivity contribution >= 4 is 15.9 Å². The van der Waals surface area contributed by atoms with Crippen molar-refractivity contribution in [3.05, 3.63) is 28.7 Å². The SMILES string of the molecule is N#CC(CO)CCOc1ccc(Br)cc1. The molecule has 1 rings (SSSR count). The van der Waals surface area contributed by atoms with E-state index in [0.717, 1.165) is 10.2 Å². The Bertz CT molecular complexity index is 331. The average molecular weight is 270 g/mol. The Morgan fingerprint density at radius 2 is 2.07 bits per heavy atom. The first-order valence-electron chi connectivity index (χ1n) is 4.65. The number of halogens is 1. The van der Waals surface area contributed by atoms with Gasteiger partial charge in [-0.25, -0.2) is 0 Å². The first kappa shape index (κ1) is 12.0. The maximum atomic E-state index is 8.78. The minimum Gasteiger partial charge on any atom is -0.494 e. The molecule has 0 aliphatic heterocycles. The summed E-state index contributed by atoms with van der Waals surface area (Å²) in [5.74, 6) is 0.438. The molecular weight excluding hydrogens is 258 g/mol. The maximum Gasteiger partial charge on any atom is 0.119 e. The van der Waals surface area contributed by atoms with Crippen LogP contribution in [0.4, 0.5) is 0 Å². The molecule has 0 bridgehead atoms. The minimum atomic E-state index is -0.333. The third-order valence-electron chi connectivity index (χ3n) is 1.95. The molecule has 3 nitrogen and oxygen atoms in total. The van der Waals surface area contributed by atoms with Crippen molar-refractivity contribution < 1.29 is 9.84 Å². The van der Waals surface area contributed by atoms with Crippen molar-refractivity contribution in [2.45, 2.75) is 6.42 Å². The van der Waals surface area contributed by atoms with Gasteiger partial charge in [0.2, 0.25) is 0 Å². The van der Waals surface area contributed by atoms with E-state index in [1.807, 2.05) is 30.3 Å². The van der Waals surface area contributed by atoms with Crippen LogP contribution >= 0.6 is 15.9 Å². The topological polar surface area (TPSA) is 53.2 Å². The minimum absolute atomic E-state index is 0.111. The van der Waals surface area contributed by atoms with Gasteiger partial charge in [-0.2, -0.15) is 5.26 Å². The average Bonchev–Trinajstić information content (AvgIpc) is 2.27. The lowest BCUT2D eigenvalue weighted by Gasteiger charge is -2.07. The number of ether oxygens (including phenoxy) is 1. The van der Waals surface area contributed by atoms with Crippen molar-refractivity contribution in [3.8, 4) is 11.8 Å². The molecule has 1 unspecified atom stereocenters. The molecule has 0 radical (unpaired) electrons. The Morgan fingerprint density at radius 1 is 1.40 bits per heavy atom. The van der Waals surface area contributed by atoms with Crippen LogP contribution in [0.2, 0.25) is 0 Å². The molecule has 0 amide bonds. The second-order valence-corrected chi connectivity index (χ2v) is 4.02. The van der Waals surface area contributed by atoms with Crippen molar-refractivity contribution in [2.24, 2.45) is 5.92 Å². The largest absolute Gasteiger partial charge is 0.494 e. The number of benzene rings is 1. The Labute approximate surface area is 97.4 Å². The van der Waals surface area contributed by atoms with Crippen LogP contribution in [0.3, 0.4) is 0 Å². The number of aliphatic hydroxyl groups is 1. The molecule has 0 saturated heterocycles. The molecule has 0 aliphatic rings. The zero-order chi connectivity index (χ0) is 11.1. The first-order chi connectivity index (χ1) is 7.26. The highest BCUT2D eigenvalue weighted by Gasteiger charge is 2.05. The molecule has 15 heavy (non-hydrogen) atoms. The van der Waals surface area contributed by atoms with Gasteiger partial charge >= 0.3 is 0 Å². The zero-order valence-electron chi connectivity index (χ0n) is 8.19. The van der Waals surface area contributed by atoms with Crippen LogP contribution in [0.1, 0.15) is 6.42 Å². The zero-order valence-corrected chi connectivity index (χ0v) is 9.77. The van der Waals surface area contributed by atoms with E-state index in [1.165, 1.54) is 0 Å². The highest BCUT2D eigenvalue weighted by molar-refractivity contribution is 9.10. The molecule has 80 valence electrons. The molecule has 0 fully saturated rings. The van der Waals surface area contributed by atoms with E-state index in [2.05, 4.69) is 15.9 Å². The molecule has 0 aliphatic carbocycles. The molecular formula is C11H12BrNO2. The maximum absolute atomic E-state index is 8.78. The fraction of sp³-hybridized carbons (Fsp3) is 0.364. The number of nitriles is 1. The lowest BCUT2D eigenvalue weighted by atomic mass is 10.1. The summed E-state index contributed by atoms with van der Waals surface area (Å²) in [5, 5.41) is 17.4. The molecule has 0 aromatic heterocycles. The first-order valence-corrected chi connectivity index (χ1v) is 5.44. The highest BCUT2D eigenvalue weighted by Crippen LogP contribution is 2.16. The number of rotatable bonds is 5. The van der Waals surface area contributed by atoms with Gasteiger partial charge in [0, 0.05) is 4.47 Å². The number of nitrogens with zero attached hydrogens (tertiary/aromatic N) is 1. The van der Waals surface area contributed by atoms with Crippen LogP contribution in [0.25, 0.3) is 0 Å². The van der Waals surface area contributed by atoms with Crippen LogP contribution < -0.4 is 4.74 Å². The molecule has 4 heteroatoms. The summed E-state index contributed by atoms with van der Waals surface area (Å²) < 4.78 is 6.41. The van der Waals surface area contributed by atoms with E-state index in [0.29, 0.717) is 13.0 Å². The van der Waals surface area contributed by atoms with E-state index in [1.54, 1.807) is 0 Å². The van der Waals surface area contributed by atoms with Crippen molar-refractivity contribution in [1.29, 1.82) is 5.26 Å². The van der Waals surface area contributed by atoms with Gasteiger partial charge in [0.1, 0.15) is 5.75 Å². The predicted molar refractivity (Wildman–Crippen MR) is 60.4 cm³/mol. The van der Waals surface area contributed by atoms with Gasteiger partial charge in [0.15, 0.2) is 0 Å². The summed E-state index contributed by atoms with van der Waals surface area (Å²) in [6.07, 6.45) is 0.545. The lowest BCUT2D eigenvalue weighted by Crippen LogP contribution is -2.08. The molecule has 0 spiro atoms. The molecule has 0 saturated carbocycles. The van der Waals surface area contributed by atoms with E-state index >= 15 is 0 Å². The molecule has 0 heterocycles. The van der Waals surface area contributed by atoms with Gasteiger partial charge in [-0.05, 0) is 30.7 Å². The van der Waals surface area contributed by atoms with Crippen LogP contribution in [0.15, 0.2) is 28.7 Å². The van der Waals surface area contributed by atoms with Crippen LogP contribution in [-0.4, -0.2) is 18.3 Å². The predicted octanol–water partition coefficient (Wildman–Crippen LogP) is 2.35. The normalized spacial score (nSPS) is 11.8. The van der Waals surface area contributed by atoms with Crippen molar-refractivity contribution in [3.63, 3.8) is 0 Å². The number of aliphatic hydroxyl groups excluding tert-OH is 1.